The quantitative estimate of drug-likeness (QED) is 0.635. The molecule has 134 valence electrons. The molecule has 5 nitrogen and oxygen atoms in total. The topological polar surface area (TPSA) is 56.1 Å². The van der Waals surface area contributed by atoms with Gasteiger partial charge in [-0.3, -0.25) is 4.79 Å². The van der Waals surface area contributed by atoms with Crippen molar-refractivity contribution in [3.63, 3.8) is 0 Å². The third-order valence-electron chi connectivity index (χ3n) is 3.92. The molecule has 0 aliphatic carbocycles. The molecule has 0 saturated carbocycles. The number of carbonyl (C=O) groups is 1. The number of nitrogens with zero attached hydrogens (tertiary/aromatic N) is 2. The second-order valence-electron chi connectivity index (χ2n) is 6.17. The standard InChI is InChI=1S/C21H23N3O2/c1-17-7-5-10-20(13-17)26-12-6-11-22-21(25)14-18-15-23-24(16-18)19-8-3-2-4-9-19/h2-5,7-10,13,15-16H,6,11-12,14H2,1H3,(H,22,25). The zero-order chi connectivity index (χ0) is 18.2. The molecule has 0 radical (unpaired) electrons. The molecule has 0 atom stereocenters. The molecular weight excluding hydrogens is 326 g/mol. The minimum Gasteiger partial charge on any atom is -0.494 e. The van der Waals surface area contributed by atoms with E-state index < -0.39 is 0 Å². The van der Waals surface area contributed by atoms with E-state index in [1.807, 2.05) is 67.7 Å². The van der Waals surface area contributed by atoms with E-state index in [4.69, 9.17) is 4.74 Å². The summed E-state index contributed by atoms with van der Waals surface area (Å²) in [7, 11) is 0. The van der Waals surface area contributed by atoms with Crippen molar-refractivity contribution in [3.8, 4) is 11.4 Å². The van der Waals surface area contributed by atoms with E-state index in [2.05, 4.69) is 10.4 Å². The van der Waals surface area contributed by atoms with E-state index in [0.717, 1.165) is 23.4 Å². The Labute approximate surface area is 153 Å². The summed E-state index contributed by atoms with van der Waals surface area (Å²) in [5.41, 5.74) is 3.04. The van der Waals surface area contributed by atoms with Crippen LogP contribution in [0.4, 0.5) is 0 Å². The van der Waals surface area contributed by atoms with Crippen molar-refractivity contribution in [3.05, 3.63) is 78.1 Å². The highest BCUT2D eigenvalue weighted by atomic mass is 16.5. The third kappa shape index (κ3) is 5.21. The van der Waals surface area contributed by atoms with Crippen LogP contribution >= 0.6 is 0 Å². The first-order valence-corrected chi connectivity index (χ1v) is 8.76. The summed E-state index contributed by atoms with van der Waals surface area (Å²) < 4.78 is 7.45. The number of rotatable bonds is 8. The minimum absolute atomic E-state index is 0.00633. The Morgan fingerprint density at radius 1 is 1.15 bits per heavy atom. The molecule has 0 saturated heterocycles. The first-order chi connectivity index (χ1) is 12.7. The van der Waals surface area contributed by atoms with Crippen LogP contribution in [0.25, 0.3) is 5.69 Å². The SMILES string of the molecule is Cc1cccc(OCCCNC(=O)Cc2cnn(-c3ccccc3)c2)c1. The molecule has 0 aliphatic rings. The molecule has 0 bridgehead atoms. The van der Waals surface area contributed by atoms with Gasteiger partial charge in [-0.2, -0.15) is 5.10 Å². The average Bonchev–Trinajstić information content (AvgIpc) is 3.11. The molecule has 5 heteroatoms. The summed E-state index contributed by atoms with van der Waals surface area (Å²) in [4.78, 5) is 12.0. The number of aromatic nitrogens is 2. The van der Waals surface area contributed by atoms with Crippen molar-refractivity contribution in [2.24, 2.45) is 0 Å². The van der Waals surface area contributed by atoms with Crippen LogP contribution in [0.5, 0.6) is 5.75 Å². The van der Waals surface area contributed by atoms with E-state index in [1.165, 1.54) is 5.56 Å². The second kappa shape index (κ2) is 8.85. The third-order valence-corrected chi connectivity index (χ3v) is 3.92. The first-order valence-electron chi connectivity index (χ1n) is 8.76. The van der Waals surface area contributed by atoms with Crippen LogP contribution in [-0.4, -0.2) is 28.8 Å². The Balaban J connectivity index is 1.37. The predicted octanol–water partition coefficient (Wildman–Crippen LogP) is 3.31. The molecule has 3 aromatic rings. The number of amides is 1. The van der Waals surface area contributed by atoms with Crippen LogP contribution in [0.2, 0.25) is 0 Å². The number of hydrogen-bond donors (Lipinski definition) is 1. The molecule has 2 aromatic carbocycles. The largest absolute Gasteiger partial charge is 0.494 e. The van der Waals surface area contributed by atoms with Gasteiger partial charge < -0.3 is 10.1 Å². The summed E-state index contributed by atoms with van der Waals surface area (Å²) in [6, 6.07) is 17.8. The van der Waals surface area contributed by atoms with E-state index in [1.54, 1.807) is 10.9 Å². The molecule has 26 heavy (non-hydrogen) atoms. The monoisotopic (exact) mass is 349 g/mol. The number of carbonyl (C=O) groups excluding carboxylic acids is 1. The molecule has 1 aromatic heterocycles. The second-order valence-corrected chi connectivity index (χ2v) is 6.17. The van der Waals surface area contributed by atoms with Crippen LogP contribution in [0, 0.1) is 6.92 Å². The lowest BCUT2D eigenvalue weighted by atomic mass is 10.2. The molecule has 1 amide bonds. The van der Waals surface area contributed by atoms with Crippen LogP contribution in [-0.2, 0) is 11.2 Å². The summed E-state index contributed by atoms with van der Waals surface area (Å²) in [6.07, 6.45) is 4.71. The lowest BCUT2D eigenvalue weighted by Crippen LogP contribution is -2.27. The molecule has 0 spiro atoms. The highest BCUT2D eigenvalue weighted by Crippen LogP contribution is 2.12. The lowest BCUT2D eigenvalue weighted by molar-refractivity contribution is -0.120. The minimum atomic E-state index is -0.00633. The fraction of sp³-hybridized carbons (Fsp3) is 0.238. The van der Waals surface area contributed by atoms with Crippen LogP contribution < -0.4 is 10.1 Å². The zero-order valence-electron chi connectivity index (χ0n) is 14.9. The summed E-state index contributed by atoms with van der Waals surface area (Å²) >= 11 is 0. The Kier molecular flexibility index (Phi) is 6.04. The van der Waals surface area contributed by atoms with Gasteiger partial charge in [0, 0.05) is 12.7 Å². The average molecular weight is 349 g/mol. The Hall–Kier alpha value is -3.08. The van der Waals surface area contributed by atoms with E-state index in [0.29, 0.717) is 19.6 Å². The number of aryl methyl sites for hydroxylation is 1. The normalized spacial score (nSPS) is 10.5. The number of ether oxygens (including phenoxy) is 1. The van der Waals surface area contributed by atoms with Gasteiger partial charge in [0.1, 0.15) is 5.75 Å². The zero-order valence-corrected chi connectivity index (χ0v) is 14.9. The highest BCUT2D eigenvalue weighted by Gasteiger charge is 2.06. The van der Waals surface area contributed by atoms with E-state index >= 15 is 0 Å². The van der Waals surface area contributed by atoms with Crippen molar-refractivity contribution in [1.82, 2.24) is 15.1 Å². The fourth-order valence-electron chi connectivity index (χ4n) is 2.62. The van der Waals surface area contributed by atoms with Crippen molar-refractivity contribution in [2.45, 2.75) is 19.8 Å². The Bertz CT molecular complexity index is 843. The van der Waals surface area contributed by atoms with Gasteiger partial charge in [0.05, 0.1) is 24.9 Å². The Morgan fingerprint density at radius 3 is 2.81 bits per heavy atom. The maximum absolute atomic E-state index is 12.0. The molecule has 0 fully saturated rings. The van der Waals surface area contributed by atoms with Crippen LogP contribution in [0.15, 0.2) is 67.0 Å². The Morgan fingerprint density at radius 2 is 2.00 bits per heavy atom. The highest BCUT2D eigenvalue weighted by molar-refractivity contribution is 5.78. The van der Waals surface area contributed by atoms with Gasteiger partial charge in [0.25, 0.3) is 0 Å². The van der Waals surface area contributed by atoms with Crippen molar-refractivity contribution >= 4 is 5.91 Å². The molecule has 1 N–H and O–H groups in total. The van der Waals surface area contributed by atoms with Gasteiger partial charge in [0.15, 0.2) is 0 Å². The first kappa shape index (κ1) is 17.7. The van der Waals surface area contributed by atoms with Gasteiger partial charge in [-0.1, -0.05) is 30.3 Å². The smallest absolute Gasteiger partial charge is 0.224 e. The molecular formula is C21H23N3O2. The fourth-order valence-corrected chi connectivity index (χ4v) is 2.62. The van der Waals surface area contributed by atoms with Gasteiger partial charge in [-0.15, -0.1) is 0 Å². The van der Waals surface area contributed by atoms with Gasteiger partial charge in [0.2, 0.25) is 5.91 Å². The summed E-state index contributed by atoms with van der Waals surface area (Å²) in [5, 5.41) is 7.23. The van der Waals surface area contributed by atoms with E-state index in [-0.39, 0.29) is 5.91 Å². The van der Waals surface area contributed by atoms with Gasteiger partial charge in [-0.25, -0.2) is 4.68 Å². The lowest BCUT2D eigenvalue weighted by Gasteiger charge is -2.07. The van der Waals surface area contributed by atoms with Crippen molar-refractivity contribution in [2.75, 3.05) is 13.2 Å². The number of nitrogens with one attached hydrogen (secondary N) is 1. The summed E-state index contributed by atoms with van der Waals surface area (Å²) in [6.45, 7) is 3.21. The number of para-hydroxylation sites is 1. The molecule has 0 aliphatic heterocycles. The van der Waals surface area contributed by atoms with Crippen LogP contribution in [0.1, 0.15) is 17.5 Å². The van der Waals surface area contributed by atoms with Crippen molar-refractivity contribution < 1.29 is 9.53 Å². The number of hydrogen-bond acceptors (Lipinski definition) is 3. The maximum atomic E-state index is 12.0. The molecule has 0 unspecified atom stereocenters. The predicted molar refractivity (Wildman–Crippen MR) is 102 cm³/mol. The molecule has 1 heterocycles. The van der Waals surface area contributed by atoms with Crippen molar-refractivity contribution in [1.29, 1.82) is 0 Å². The number of benzene rings is 2. The van der Waals surface area contributed by atoms with E-state index in [9.17, 15) is 4.79 Å². The summed E-state index contributed by atoms with van der Waals surface area (Å²) in [5.74, 6) is 0.859. The maximum Gasteiger partial charge on any atom is 0.224 e. The molecule has 3 rings (SSSR count). The van der Waals surface area contributed by atoms with Crippen LogP contribution in [0.3, 0.4) is 0 Å². The van der Waals surface area contributed by atoms with Gasteiger partial charge in [-0.05, 0) is 48.7 Å². The van der Waals surface area contributed by atoms with Gasteiger partial charge >= 0.3 is 0 Å².